The van der Waals surface area contributed by atoms with Crippen molar-refractivity contribution >= 4 is 29.3 Å². The Morgan fingerprint density at radius 2 is 1.83 bits per heavy atom. The third kappa shape index (κ3) is 4.80. The molecule has 0 bridgehead atoms. The van der Waals surface area contributed by atoms with Crippen LogP contribution in [0.25, 0.3) is 11.4 Å². The van der Waals surface area contributed by atoms with Gasteiger partial charge in [0.1, 0.15) is 16.6 Å². The van der Waals surface area contributed by atoms with E-state index < -0.39 is 5.97 Å². The maximum absolute atomic E-state index is 12.5. The highest BCUT2D eigenvalue weighted by atomic mass is 35.5. The van der Waals surface area contributed by atoms with E-state index in [0.29, 0.717) is 38.7 Å². The van der Waals surface area contributed by atoms with Crippen LogP contribution in [0.2, 0.25) is 5.02 Å². The zero-order valence-corrected chi connectivity index (χ0v) is 20.3. The molecule has 1 aliphatic heterocycles. The minimum absolute atomic E-state index is 0.107. The molecule has 0 amide bonds. The molecule has 1 N–H and O–H groups in total. The molecule has 1 aliphatic rings. The Labute approximate surface area is 211 Å². The second-order valence-corrected chi connectivity index (χ2v) is 9.15. The van der Waals surface area contributed by atoms with Gasteiger partial charge < -0.3 is 23.9 Å². The third-order valence-corrected chi connectivity index (χ3v) is 6.96. The molecule has 0 saturated heterocycles. The van der Waals surface area contributed by atoms with E-state index in [4.69, 9.17) is 30.8 Å². The van der Waals surface area contributed by atoms with E-state index in [-0.39, 0.29) is 19.0 Å². The molecular formula is C26H21ClN2O5S. The summed E-state index contributed by atoms with van der Waals surface area (Å²) in [5.74, 6) is 1.96. The number of rotatable bonds is 8. The van der Waals surface area contributed by atoms with Gasteiger partial charge in [-0.2, -0.15) is 0 Å². The number of nitrogens with zero attached hydrogens (tertiary/aromatic N) is 2. The van der Waals surface area contributed by atoms with Gasteiger partial charge >= 0.3 is 5.97 Å². The van der Waals surface area contributed by atoms with Crippen molar-refractivity contribution in [1.29, 1.82) is 0 Å². The first-order chi connectivity index (χ1) is 17.0. The van der Waals surface area contributed by atoms with E-state index in [1.54, 1.807) is 23.8 Å². The molecule has 0 saturated carbocycles. The van der Waals surface area contributed by atoms with Crippen LogP contribution in [0.3, 0.4) is 0 Å². The molecule has 0 unspecified atom stereocenters. The average molecular weight is 509 g/mol. The van der Waals surface area contributed by atoms with Crippen molar-refractivity contribution in [3.05, 3.63) is 88.6 Å². The van der Waals surface area contributed by atoms with Crippen LogP contribution in [0.15, 0.2) is 71.8 Å². The molecule has 2 heterocycles. The van der Waals surface area contributed by atoms with Crippen molar-refractivity contribution in [3.63, 3.8) is 0 Å². The van der Waals surface area contributed by atoms with Crippen LogP contribution in [0.1, 0.15) is 21.6 Å². The number of hydrogen-bond donors (Lipinski definition) is 1. The number of aromatic nitrogens is 2. The summed E-state index contributed by atoms with van der Waals surface area (Å²) in [4.78, 5) is 17.2. The number of imidazole rings is 1. The van der Waals surface area contributed by atoms with Crippen molar-refractivity contribution in [2.75, 3.05) is 13.9 Å². The van der Waals surface area contributed by atoms with Gasteiger partial charge in [0.25, 0.3) is 0 Å². The first-order valence-electron chi connectivity index (χ1n) is 10.8. The van der Waals surface area contributed by atoms with Crippen LogP contribution in [-0.2, 0) is 12.3 Å². The second kappa shape index (κ2) is 9.93. The monoisotopic (exact) mass is 508 g/mol. The molecule has 0 fully saturated rings. The highest BCUT2D eigenvalue weighted by Gasteiger charge is 2.26. The largest absolute Gasteiger partial charge is 0.497 e. The van der Waals surface area contributed by atoms with Crippen molar-refractivity contribution in [1.82, 2.24) is 9.55 Å². The van der Waals surface area contributed by atoms with Crippen molar-refractivity contribution in [2.24, 2.45) is 0 Å². The molecule has 3 aromatic carbocycles. The number of carboxylic acids is 1. The lowest BCUT2D eigenvalue weighted by Gasteiger charge is -2.13. The van der Waals surface area contributed by atoms with Gasteiger partial charge in [-0.1, -0.05) is 65.8 Å². The maximum atomic E-state index is 12.5. The van der Waals surface area contributed by atoms with E-state index >= 15 is 0 Å². The smallest absolute Gasteiger partial charge is 0.355 e. The number of ether oxygens (including phenoxy) is 3. The first kappa shape index (κ1) is 23.1. The number of hydrogen-bond acceptors (Lipinski definition) is 6. The minimum atomic E-state index is -1.06. The number of halogens is 1. The topological polar surface area (TPSA) is 82.8 Å². The van der Waals surface area contributed by atoms with Crippen LogP contribution in [0, 0.1) is 0 Å². The predicted molar refractivity (Wildman–Crippen MR) is 134 cm³/mol. The number of methoxy groups -OCH3 is 1. The summed E-state index contributed by atoms with van der Waals surface area (Å²) in [6.07, 6.45) is 0. The highest BCUT2D eigenvalue weighted by molar-refractivity contribution is 7.98. The van der Waals surface area contributed by atoms with Gasteiger partial charge in [0.2, 0.25) is 6.79 Å². The lowest BCUT2D eigenvalue weighted by molar-refractivity contribution is 0.0681. The third-order valence-electron chi connectivity index (χ3n) is 5.57. The predicted octanol–water partition coefficient (Wildman–Crippen LogP) is 5.98. The molecule has 5 rings (SSSR count). The van der Waals surface area contributed by atoms with E-state index in [0.717, 1.165) is 16.9 Å². The fourth-order valence-electron chi connectivity index (χ4n) is 3.82. The molecule has 4 aromatic rings. The summed E-state index contributed by atoms with van der Waals surface area (Å²) < 4.78 is 17.8. The summed E-state index contributed by atoms with van der Waals surface area (Å²) in [6, 6.07) is 20.7. The Morgan fingerprint density at radius 1 is 1.11 bits per heavy atom. The van der Waals surface area contributed by atoms with E-state index in [1.165, 1.54) is 11.8 Å². The standard InChI is InChI=1S/C26H21ClN2O5S/c1-32-19-9-7-16(8-10-19)14-35-25-23(26(30)31)29(24(28-25)17-5-3-2-4-6-17)13-18-11-21-22(12-20(18)27)34-15-33-21/h2-12H,13-15H2,1H3,(H,30,31). The van der Waals surface area contributed by atoms with E-state index in [2.05, 4.69) is 0 Å². The Hall–Kier alpha value is -3.62. The number of fused-ring (bicyclic) bond motifs is 1. The van der Waals surface area contributed by atoms with Gasteiger partial charge in [-0.25, -0.2) is 9.78 Å². The van der Waals surface area contributed by atoms with Gasteiger partial charge in [-0.15, -0.1) is 0 Å². The summed E-state index contributed by atoms with van der Waals surface area (Å²) >= 11 is 7.90. The fourth-order valence-corrected chi connectivity index (χ4v) is 5.02. The first-order valence-corrected chi connectivity index (χ1v) is 12.1. The normalized spacial score (nSPS) is 12.1. The lowest BCUT2D eigenvalue weighted by atomic mass is 10.1. The maximum Gasteiger partial charge on any atom is 0.355 e. The summed E-state index contributed by atoms with van der Waals surface area (Å²) in [5, 5.41) is 11.1. The van der Waals surface area contributed by atoms with Crippen molar-refractivity contribution in [2.45, 2.75) is 17.3 Å². The van der Waals surface area contributed by atoms with E-state index in [9.17, 15) is 9.90 Å². The molecule has 0 radical (unpaired) electrons. The molecule has 35 heavy (non-hydrogen) atoms. The molecular weight excluding hydrogens is 488 g/mol. The van der Waals surface area contributed by atoms with Gasteiger partial charge in [-0.3, -0.25) is 0 Å². The Bertz CT molecular complexity index is 1370. The number of aromatic carboxylic acids is 1. The summed E-state index contributed by atoms with van der Waals surface area (Å²) in [5.41, 5.74) is 2.65. The SMILES string of the molecule is COc1ccc(CSc2nc(-c3ccccc3)n(Cc3cc4c(cc3Cl)OCO4)c2C(=O)O)cc1. The molecule has 9 heteroatoms. The number of benzene rings is 3. The van der Waals surface area contributed by atoms with Gasteiger partial charge in [0.15, 0.2) is 17.2 Å². The fraction of sp³-hybridized carbons (Fsp3) is 0.154. The number of carbonyl (C=O) groups is 1. The molecule has 0 spiro atoms. The highest BCUT2D eigenvalue weighted by Crippen LogP contribution is 2.38. The van der Waals surface area contributed by atoms with Crippen molar-refractivity contribution in [3.8, 4) is 28.6 Å². The van der Waals surface area contributed by atoms with Gasteiger partial charge in [-0.05, 0) is 29.3 Å². The van der Waals surface area contributed by atoms with Crippen LogP contribution >= 0.6 is 23.4 Å². The number of carboxylic acid groups (broad SMARTS) is 1. The molecule has 7 nitrogen and oxygen atoms in total. The Morgan fingerprint density at radius 3 is 2.51 bits per heavy atom. The van der Waals surface area contributed by atoms with E-state index in [1.807, 2.05) is 54.6 Å². The molecule has 0 atom stereocenters. The van der Waals surface area contributed by atoms with Crippen LogP contribution in [0.5, 0.6) is 17.2 Å². The van der Waals surface area contributed by atoms with Crippen molar-refractivity contribution < 1.29 is 24.1 Å². The van der Waals surface area contributed by atoms with Crippen LogP contribution in [0.4, 0.5) is 0 Å². The quantitative estimate of drug-likeness (QED) is 0.293. The molecule has 178 valence electrons. The molecule has 0 aliphatic carbocycles. The average Bonchev–Trinajstić information content (AvgIpc) is 3.48. The van der Waals surface area contributed by atoms with Crippen LogP contribution in [-0.4, -0.2) is 34.5 Å². The van der Waals surface area contributed by atoms with Gasteiger partial charge in [0, 0.05) is 22.4 Å². The molecule has 1 aromatic heterocycles. The number of thioether (sulfide) groups is 1. The van der Waals surface area contributed by atoms with Crippen LogP contribution < -0.4 is 14.2 Å². The van der Waals surface area contributed by atoms with Gasteiger partial charge in [0.05, 0.1) is 13.7 Å². The Balaban J connectivity index is 1.55. The summed E-state index contributed by atoms with van der Waals surface area (Å²) in [6.45, 7) is 0.333. The lowest BCUT2D eigenvalue weighted by Crippen LogP contribution is -2.12. The zero-order valence-electron chi connectivity index (χ0n) is 18.7. The summed E-state index contributed by atoms with van der Waals surface area (Å²) in [7, 11) is 1.62. The minimum Gasteiger partial charge on any atom is -0.497 e. The zero-order chi connectivity index (χ0) is 24.4. The second-order valence-electron chi connectivity index (χ2n) is 7.78. The Kier molecular flexibility index (Phi) is 6.57.